The summed E-state index contributed by atoms with van der Waals surface area (Å²) >= 11 is 0. The molecule has 1 saturated heterocycles. The van der Waals surface area contributed by atoms with Gasteiger partial charge in [0.15, 0.2) is 0 Å². The highest BCUT2D eigenvalue weighted by molar-refractivity contribution is 5.83. The van der Waals surface area contributed by atoms with Crippen LogP contribution in [0.2, 0.25) is 0 Å². The maximum absolute atomic E-state index is 12.1. The van der Waals surface area contributed by atoms with Crippen molar-refractivity contribution in [1.29, 1.82) is 0 Å². The average molecular weight is 274 g/mol. The van der Waals surface area contributed by atoms with E-state index in [1.807, 2.05) is 23.1 Å². The highest BCUT2D eigenvalue weighted by Crippen LogP contribution is 2.26. The molecule has 0 bridgehead atoms. The summed E-state index contributed by atoms with van der Waals surface area (Å²) in [5, 5.41) is 2.59. The van der Waals surface area contributed by atoms with Gasteiger partial charge < -0.3 is 10.2 Å². The van der Waals surface area contributed by atoms with Crippen LogP contribution in [-0.2, 0) is 9.59 Å². The lowest BCUT2D eigenvalue weighted by molar-refractivity contribution is -0.132. The number of hydrogen-bond acceptors (Lipinski definition) is 2. The van der Waals surface area contributed by atoms with Gasteiger partial charge in [0, 0.05) is 25.9 Å². The minimum Gasteiger partial charge on any atom is -0.347 e. The molecule has 20 heavy (non-hydrogen) atoms. The van der Waals surface area contributed by atoms with Crippen molar-refractivity contribution in [3.8, 4) is 0 Å². The predicted molar refractivity (Wildman–Crippen MR) is 78.3 cm³/mol. The van der Waals surface area contributed by atoms with Crippen LogP contribution in [0, 0.1) is 0 Å². The van der Waals surface area contributed by atoms with E-state index in [0.29, 0.717) is 5.92 Å². The van der Waals surface area contributed by atoms with Crippen LogP contribution in [0.4, 0.5) is 0 Å². The molecule has 2 rings (SSSR count). The maximum atomic E-state index is 12.1. The fourth-order valence-electron chi connectivity index (χ4n) is 2.68. The third kappa shape index (κ3) is 4.08. The number of likely N-dealkylation sites (tertiary alicyclic amines) is 1. The molecule has 0 aromatic heterocycles. The third-order valence-corrected chi connectivity index (χ3v) is 3.78. The Morgan fingerprint density at radius 2 is 2.00 bits per heavy atom. The van der Waals surface area contributed by atoms with Crippen LogP contribution >= 0.6 is 0 Å². The van der Waals surface area contributed by atoms with E-state index in [4.69, 9.17) is 0 Å². The van der Waals surface area contributed by atoms with Gasteiger partial charge in [0.1, 0.15) is 0 Å². The normalized spacial score (nSPS) is 19.2. The van der Waals surface area contributed by atoms with Gasteiger partial charge in [-0.15, -0.1) is 0 Å². The van der Waals surface area contributed by atoms with Crippen molar-refractivity contribution >= 4 is 11.8 Å². The molecule has 1 N–H and O–H groups in total. The summed E-state index contributed by atoms with van der Waals surface area (Å²) < 4.78 is 0. The summed E-state index contributed by atoms with van der Waals surface area (Å²) in [4.78, 5) is 24.9. The van der Waals surface area contributed by atoms with Gasteiger partial charge in [-0.25, -0.2) is 0 Å². The Morgan fingerprint density at radius 1 is 1.25 bits per heavy atom. The van der Waals surface area contributed by atoms with Gasteiger partial charge in [-0.2, -0.15) is 0 Å². The summed E-state index contributed by atoms with van der Waals surface area (Å²) in [6, 6.07) is 10.4. The van der Waals surface area contributed by atoms with Gasteiger partial charge in [-0.3, -0.25) is 9.59 Å². The molecule has 0 radical (unpaired) electrons. The molecule has 1 aliphatic rings. The van der Waals surface area contributed by atoms with Crippen LogP contribution in [0.5, 0.6) is 0 Å². The van der Waals surface area contributed by atoms with Gasteiger partial charge in [0.25, 0.3) is 0 Å². The summed E-state index contributed by atoms with van der Waals surface area (Å²) in [5.74, 6) is 0.260. The first-order chi connectivity index (χ1) is 9.66. The molecular formula is C16H22N2O2. The first kappa shape index (κ1) is 14.6. The van der Waals surface area contributed by atoms with Gasteiger partial charge in [-0.05, 0) is 18.4 Å². The zero-order chi connectivity index (χ0) is 14.4. The van der Waals surface area contributed by atoms with Crippen LogP contribution in [0.1, 0.15) is 37.7 Å². The lowest BCUT2D eigenvalue weighted by Gasteiger charge is -2.25. The summed E-state index contributed by atoms with van der Waals surface area (Å²) in [7, 11) is 0. The van der Waals surface area contributed by atoms with E-state index < -0.39 is 0 Å². The van der Waals surface area contributed by atoms with Crippen LogP contribution in [0.25, 0.3) is 0 Å². The average Bonchev–Trinajstić information content (AvgIpc) is 2.71. The topological polar surface area (TPSA) is 49.4 Å². The molecule has 108 valence electrons. The number of rotatable bonds is 3. The highest BCUT2D eigenvalue weighted by atomic mass is 16.2. The van der Waals surface area contributed by atoms with Crippen LogP contribution < -0.4 is 5.32 Å². The van der Waals surface area contributed by atoms with Crippen molar-refractivity contribution < 1.29 is 9.59 Å². The molecule has 0 saturated carbocycles. The number of benzene rings is 1. The number of carbonyl (C=O) groups is 2. The van der Waals surface area contributed by atoms with E-state index in [0.717, 1.165) is 32.4 Å². The SMILES string of the molecule is CC(=O)NCC(=O)N1CCCCC(c2ccccc2)C1. The van der Waals surface area contributed by atoms with Crippen molar-refractivity contribution in [2.75, 3.05) is 19.6 Å². The fourth-order valence-corrected chi connectivity index (χ4v) is 2.68. The van der Waals surface area contributed by atoms with Crippen molar-refractivity contribution in [2.24, 2.45) is 0 Å². The lowest BCUT2D eigenvalue weighted by Crippen LogP contribution is -2.41. The molecule has 4 nitrogen and oxygen atoms in total. The molecule has 1 aliphatic heterocycles. The second kappa shape index (κ2) is 7.08. The zero-order valence-electron chi connectivity index (χ0n) is 12.0. The predicted octanol–water partition coefficient (Wildman–Crippen LogP) is 1.92. The van der Waals surface area contributed by atoms with E-state index in [9.17, 15) is 9.59 Å². The standard InChI is InChI=1S/C16H22N2O2/c1-13(19)17-11-16(20)18-10-6-5-9-15(12-18)14-7-3-2-4-8-14/h2-4,7-8,15H,5-6,9-12H2,1H3,(H,17,19). The first-order valence-electron chi connectivity index (χ1n) is 7.24. The molecule has 0 spiro atoms. The van der Waals surface area contributed by atoms with Crippen molar-refractivity contribution in [1.82, 2.24) is 10.2 Å². The number of carbonyl (C=O) groups excluding carboxylic acids is 2. The van der Waals surface area contributed by atoms with E-state index >= 15 is 0 Å². The second-order valence-corrected chi connectivity index (χ2v) is 5.35. The van der Waals surface area contributed by atoms with Crippen molar-refractivity contribution in [2.45, 2.75) is 32.1 Å². The summed E-state index contributed by atoms with van der Waals surface area (Å²) in [6.45, 7) is 3.09. The van der Waals surface area contributed by atoms with E-state index in [1.165, 1.54) is 12.5 Å². The second-order valence-electron chi connectivity index (χ2n) is 5.35. The Kier molecular flexibility index (Phi) is 5.16. The van der Waals surface area contributed by atoms with E-state index in [-0.39, 0.29) is 18.4 Å². The van der Waals surface area contributed by atoms with Gasteiger partial charge in [-0.1, -0.05) is 36.8 Å². The minimum absolute atomic E-state index is 0.0167. The van der Waals surface area contributed by atoms with Crippen LogP contribution in [0.15, 0.2) is 30.3 Å². The summed E-state index contributed by atoms with van der Waals surface area (Å²) in [5.41, 5.74) is 1.30. The van der Waals surface area contributed by atoms with E-state index in [2.05, 4.69) is 17.4 Å². The fraction of sp³-hybridized carbons (Fsp3) is 0.500. The Hall–Kier alpha value is -1.84. The molecule has 2 amide bonds. The maximum Gasteiger partial charge on any atom is 0.241 e. The Balaban J connectivity index is 2.00. The Morgan fingerprint density at radius 3 is 2.70 bits per heavy atom. The Labute approximate surface area is 120 Å². The smallest absolute Gasteiger partial charge is 0.241 e. The molecule has 1 aromatic carbocycles. The van der Waals surface area contributed by atoms with Crippen molar-refractivity contribution in [3.63, 3.8) is 0 Å². The molecular weight excluding hydrogens is 252 g/mol. The van der Waals surface area contributed by atoms with Gasteiger partial charge in [0.2, 0.25) is 11.8 Å². The molecule has 1 atom stereocenters. The summed E-state index contributed by atoms with van der Waals surface area (Å²) in [6.07, 6.45) is 3.30. The number of amides is 2. The number of nitrogens with one attached hydrogen (secondary N) is 1. The molecule has 4 heteroatoms. The van der Waals surface area contributed by atoms with Gasteiger partial charge >= 0.3 is 0 Å². The molecule has 1 heterocycles. The first-order valence-corrected chi connectivity index (χ1v) is 7.24. The van der Waals surface area contributed by atoms with Gasteiger partial charge in [0.05, 0.1) is 6.54 Å². The van der Waals surface area contributed by atoms with E-state index in [1.54, 1.807) is 0 Å². The highest BCUT2D eigenvalue weighted by Gasteiger charge is 2.22. The largest absolute Gasteiger partial charge is 0.347 e. The number of hydrogen-bond donors (Lipinski definition) is 1. The molecule has 0 aliphatic carbocycles. The molecule has 1 aromatic rings. The lowest BCUT2D eigenvalue weighted by atomic mass is 9.94. The minimum atomic E-state index is -0.159. The Bertz CT molecular complexity index is 459. The quantitative estimate of drug-likeness (QED) is 0.915. The van der Waals surface area contributed by atoms with Crippen LogP contribution in [-0.4, -0.2) is 36.3 Å². The molecule has 1 fully saturated rings. The number of nitrogens with zero attached hydrogens (tertiary/aromatic N) is 1. The zero-order valence-corrected chi connectivity index (χ0v) is 12.0. The monoisotopic (exact) mass is 274 g/mol. The van der Waals surface area contributed by atoms with Crippen molar-refractivity contribution in [3.05, 3.63) is 35.9 Å². The third-order valence-electron chi connectivity index (χ3n) is 3.78. The molecule has 1 unspecified atom stereocenters. The van der Waals surface area contributed by atoms with Crippen LogP contribution in [0.3, 0.4) is 0 Å².